The van der Waals surface area contributed by atoms with Crippen LogP contribution < -0.4 is 10.9 Å². The van der Waals surface area contributed by atoms with E-state index in [1.54, 1.807) is 17.0 Å². The van der Waals surface area contributed by atoms with Crippen molar-refractivity contribution in [2.75, 3.05) is 5.32 Å². The van der Waals surface area contributed by atoms with Crippen molar-refractivity contribution in [2.24, 2.45) is 11.8 Å². The third kappa shape index (κ3) is 2.92. The molecular formula is C14H23N3O. The molecule has 1 aliphatic rings. The van der Waals surface area contributed by atoms with Gasteiger partial charge in [-0.3, -0.25) is 4.79 Å². The first-order chi connectivity index (χ1) is 8.40. The summed E-state index contributed by atoms with van der Waals surface area (Å²) in [5.41, 5.74) is -0.0525. The monoisotopic (exact) mass is 249 g/mol. The van der Waals surface area contributed by atoms with Crippen molar-refractivity contribution in [3.8, 4) is 0 Å². The molecule has 0 saturated heterocycles. The molecule has 4 nitrogen and oxygen atoms in total. The number of rotatable bonds is 5. The van der Waals surface area contributed by atoms with Crippen molar-refractivity contribution in [1.82, 2.24) is 9.55 Å². The lowest BCUT2D eigenvalue weighted by Crippen LogP contribution is -2.38. The van der Waals surface area contributed by atoms with Crippen molar-refractivity contribution >= 4 is 5.82 Å². The van der Waals surface area contributed by atoms with Gasteiger partial charge in [0.2, 0.25) is 0 Å². The lowest BCUT2D eigenvalue weighted by Gasteiger charge is -2.26. The zero-order chi connectivity index (χ0) is 13.3. The van der Waals surface area contributed by atoms with Gasteiger partial charge in [-0.25, -0.2) is 4.98 Å². The fourth-order valence-electron chi connectivity index (χ4n) is 2.28. The van der Waals surface area contributed by atoms with Crippen molar-refractivity contribution in [3.63, 3.8) is 0 Å². The van der Waals surface area contributed by atoms with Crippen LogP contribution >= 0.6 is 0 Å². The van der Waals surface area contributed by atoms with Gasteiger partial charge in [0.15, 0.2) is 5.82 Å². The first-order valence-corrected chi connectivity index (χ1v) is 6.74. The molecule has 1 heterocycles. The lowest BCUT2D eigenvalue weighted by molar-refractivity contribution is 0.484. The third-order valence-corrected chi connectivity index (χ3v) is 3.51. The zero-order valence-corrected chi connectivity index (χ0v) is 11.7. The highest BCUT2D eigenvalue weighted by molar-refractivity contribution is 5.35. The summed E-state index contributed by atoms with van der Waals surface area (Å²) in [5.74, 6) is 1.60. The van der Waals surface area contributed by atoms with Gasteiger partial charge in [-0.1, -0.05) is 13.8 Å². The number of nitrogens with zero attached hydrogens (tertiary/aromatic N) is 2. The van der Waals surface area contributed by atoms with E-state index in [9.17, 15) is 4.79 Å². The van der Waals surface area contributed by atoms with Crippen LogP contribution in [0.4, 0.5) is 5.82 Å². The average Bonchev–Trinajstić information content (AvgIpc) is 3.06. The molecule has 0 unspecified atom stereocenters. The number of anilines is 1. The summed E-state index contributed by atoms with van der Waals surface area (Å²) in [4.78, 5) is 16.5. The highest BCUT2D eigenvalue weighted by atomic mass is 16.1. The van der Waals surface area contributed by atoms with Crippen LogP contribution in [0.1, 0.15) is 40.5 Å². The maximum Gasteiger partial charge on any atom is 0.293 e. The Bertz CT molecular complexity index is 472. The summed E-state index contributed by atoms with van der Waals surface area (Å²) in [6.45, 7) is 9.24. The van der Waals surface area contributed by atoms with Crippen LogP contribution in [0.5, 0.6) is 0 Å². The second-order valence-corrected chi connectivity index (χ2v) is 6.25. The van der Waals surface area contributed by atoms with E-state index in [1.807, 2.05) is 0 Å². The standard InChI is InChI=1S/C14H23N3O/c1-10(2)9-17-8-7-15-12(13(17)18)16-14(3,4)11-5-6-11/h7-8,10-11H,5-6,9H2,1-4H3,(H,15,16). The van der Waals surface area contributed by atoms with E-state index in [4.69, 9.17) is 0 Å². The van der Waals surface area contributed by atoms with E-state index >= 15 is 0 Å². The molecule has 0 aliphatic heterocycles. The normalized spacial score (nSPS) is 16.1. The van der Waals surface area contributed by atoms with Gasteiger partial charge in [0.1, 0.15) is 0 Å². The Hall–Kier alpha value is -1.32. The number of aromatic nitrogens is 2. The molecule has 1 aromatic rings. The number of hydrogen-bond donors (Lipinski definition) is 1. The Morgan fingerprint density at radius 3 is 2.72 bits per heavy atom. The van der Waals surface area contributed by atoms with Gasteiger partial charge in [-0.15, -0.1) is 0 Å². The molecule has 1 fully saturated rings. The summed E-state index contributed by atoms with van der Waals surface area (Å²) < 4.78 is 1.74. The van der Waals surface area contributed by atoms with Gasteiger partial charge in [-0.05, 0) is 38.5 Å². The minimum Gasteiger partial charge on any atom is -0.360 e. The second-order valence-electron chi connectivity index (χ2n) is 6.25. The molecule has 1 aromatic heterocycles. The van der Waals surface area contributed by atoms with E-state index in [1.165, 1.54) is 12.8 Å². The van der Waals surface area contributed by atoms with E-state index in [0.717, 1.165) is 6.54 Å². The SMILES string of the molecule is CC(C)Cn1ccnc(NC(C)(C)C2CC2)c1=O. The first-order valence-electron chi connectivity index (χ1n) is 6.74. The summed E-state index contributed by atoms with van der Waals surface area (Å²) in [5, 5.41) is 3.32. The molecular weight excluding hydrogens is 226 g/mol. The Kier molecular flexibility index (Phi) is 3.46. The Morgan fingerprint density at radius 2 is 2.17 bits per heavy atom. The first kappa shape index (κ1) is 13.1. The molecule has 1 aliphatic carbocycles. The molecule has 18 heavy (non-hydrogen) atoms. The van der Waals surface area contributed by atoms with Crippen molar-refractivity contribution in [1.29, 1.82) is 0 Å². The van der Waals surface area contributed by atoms with Crippen molar-refractivity contribution in [2.45, 2.75) is 52.6 Å². The number of nitrogens with one attached hydrogen (secondary N) is 1. The molecule has 0 amide bonds. The van der Waals surface area contributed by atoms with Crippen LogP contribution in [0.25, 0.3) is 0 Å². The molecule has 1 saturated carbocycles. The minimum absolute atomic E-state index is 0.0140. The zero-order valence-electron chi connectivity index (χ0n) is 11.7. The Balaban J connectivity index is 2.20. The van der Waals surface area contributed by atoms with Crippen LogP contribution in [0.2, 0.25) is 0 Å². The van der Waals surface area contributed by atoms with Gasteiger partial charge in [0, 0.05) is 24.5 Å². The quantitative estimate of drug-likeness (QED) is 0.872. The smallest absolute Gasteiger partial charge is 0.293 e. The molecule has 0 spiro atoms. The van der Waals surface area contributed by atoms with Crippen molar-refractivity contribution in [3.05, 3.63) is 22.7 Å². The highest BCUT2D eigenvalue weighted by Crippen LogP contribution is 2.40. The molecule has 1 N–H and O–H groups in total. The largest absolute Gasteiger partial charge is 0.360 e. The van der Waals surface area contributed by atoms with Gasteiger partial charge >= 0.3 is 0 Å². The van der Waals surface area contributed by atoms with Gasteiger partial charge in [0.05, 0.1) is 0 Å². The van der Waals surface area contributed by atoms with Crippen LogP contribution in [-0.2, 0) is 6.54 Å². The molecule has 0 bridgehead atoms. The van der Waals surface area contributed by atoms with Crippen LogP contribution in [0.3, 0.4) is 0 Å². The van der Waals surface area contributed by atoms with Crippen molar-refractivity contribution < 1.29 is 0 Å². The summed E-state index contributed by atoms with van der Waals surface area (Å²) in [6, 6.07) is 0. The summed E-state index contributed by atoms with van der Waals surface area (Å²) >= 11 is 0. The predicted molar refractivity (Wildman–Crippen MR) is 73.8 cm³/mol. The minimum atomic E-state index is -0.0385. The second kappa shape index (κ2) is 4.75. The molecule has 2 rings (SSSR count). The average molecular weight is 249 g/mol. The molecule has 4 heteroatoms. The van der Waals surface area contributed by atoms with Gasteiger partial charge in [0.25, 0.3) is 5.56 Å². The maximum absolute atomic E-state index is 12.3. The van der Waals surface area contributed by atoms with Crippen LogP contribution in [0.15, 0.2) is 17.2 Å². The highest BCUT2D eigenvalue weighted by Gasteiger charge is 2.38. The van der Waals surface area contributed by atoms with E-state index in [-0.39, 0.29) is 11.1 Å². The van der Waals surface area contributed by atoms with Crippen LogP contribution in [-0.4, -0.2) is 15.1 Å². The molecule has 0 radical (unpaired) electrons. The lowest BCUT2D eigenvalue weighted by atomic mass is 9.99. The van der Waals surface area contributed by atoms with E-state index < -0.39 is 0 Å². The summed E-state index contributed by atoms with van der Waals surface area (Å²) in [7, 11) is 0. The summed E-state index contributed by atoms with van der Waals surface area (Å²) in [6.07, 6.45) is 5.95. The van der Waals surface area contributed by atoms with Crippen LogP contribution in [0, 0.1) is 11.8 Å². The van der Waals surface area contributed by atoms with E-state index in [2.05, 4.69) is 38.0 Å². The molecule has 0 atom stereocenters. The molecule has 100 valence electrons. The van der Waals surface area contributed by atoms with E-state index in [0.29, 0.717) is 17.7 Å². The number of hydrogen-bond acceptors (Lipinski definition) is 3. The van der Waals surface area contributed by atoms with Gasteiger partial charge in [-0.2, -0.15) is 0 Å². The Labute approximate surface area is 108 Å². The van der Waals surface area contributed by atoms with Gasteiger partial charge < -0.3 is 9.88 Å². The predicted octanol–water partition coefficient (Wildman–Crippen LogP) is 2.50. The topological polar surface area (TPSA) is 46.9 Å². The fraction of sp³-hybridized carbons (Fsp3) is 0.714. The molecule has 0 aromatic carbocycles. The Morgan fingerprint density at radius 1 is 1.50 bits per heavy atom. The fourth-order valence-corrected chi connectivity index (χ4v) is 2.28. The maximum atomic E-state index is 12.3. The third-order valence-electron chi connectivity index (χ3n) is 3.51.